The number of aromatic nitrogens is 1. The Morgan fingerprint density at radius 3 is 2.94 bits per heavy atom. The molecule has 0 saturated carbocycles. The predicted molar refractivity (Wildman–Crippen MR) is 66.2 cm³/mol. The summed E-state index contributed by atoms with van der Waals surface area (Å²) in [6.45, 7) is 7.02. The van der Waals surface area contributed by atoms with Crippen molar-refractivity contribution < 1.29 is 9.13 Å². The lowest BCUT2D eigenvalue weighted by atomic mass is 10.1. The molecular formula is C13H21FN2O. The van der Waals surface area contributed by atoms with Gasteiger partial charge in [0, 0.05) is 31.5 Å². The molecule has 1 heterocycles. The Morgan fingerprint density at radius 2 is 2.24 bits per heavy atom. The second-order valence-corrected chi connectivity index (χ2v) is 4.43. The molecule has 0 bridgehead atoms. The summed E-state index contributed by atoms with van der Waals surface area (Å²) in [6.07, 6.45) is 2.53. The van der Waals surface area contributed by atoms with Crippen molar-refractivity contribution in [1.82, 2.24) is 10.3 Å². The van der Waals surface area contributed by atoms with Gasteiger partial charge >= 0.3 is 0 Å². The third kappa shape index (κ3) is 6.34. The van der Waals surface area contributed by atoms with Crippen molar-refractivity contribution in [2.75, 3.05) is 19.8 Å². The first-order valence-corrected chi connectivity index (χ1v) is 6.08. The van der Waals surface area contributed by atoms with E-state index in [1.165, 1.54) is 6.20 Å². The second kappa shape index (κ2) is 8.14. The van der Waals surface area contributed by atoms with Crippen LogP contribution in [0.5, 0.6) is 0 Å². The summed E-state index contributed by atoms with van der Waals surface area (Å²) >= 11 is 0. The van der Waals surface area contributed by atoms with Gasteiger partial charge in [0.25, 0.3) is 0 Å². The number of hydrogen-bond donors (Lipinski definition) is 1. The summed E-state index contributed by atoms with van der Waals surface area (Å²) in [5.41, 5.74) is 0.592. The number of nitrogens with one attached hydrogen (secondary N) is 1. The van der Waals surface area contributed by atoms with E-state index in [1.54, 1.807) is 12.1 Å². The quantitative estimate of drug-likeness (QED) is 0.559. The Labute approximate surface area is 102 Å². The smallest absolute Gasteiger partial charge is 0.217 e. The van der Waals surface area contributed by atoms with Gasteiger partial charge in [0.1, 0.15) is 0 Å². The topological polar surface area (TPSA) is 34.1 Å². The van der Waals surface area contributed by atoms with Crippen LogP contribution in [0, 0.1) is 11.9 Å². The summed E-state index contributed by atoms with van der Waals surface area (Å²) < 4.78 is 18.6. The molecule has 3 nitrogen and oxygen atoms in total. The van der Waals surface area contributed by atoms with Gasteiger partial charge in [0.15, 0.2) is 0 Å². The van der Waals surface area contributed by atoms with Gasteiger partial charge in [-0.2, -0.15) is 4.39 Å². The zero-order valence-electron chi connectivity index (χ0n) is 10.6. The first-order chi connectivity index (χ1) is 8.20. The van der Waals surface area contributed by atoms with Crippen molar-refractivity contribution in [3.05, 3.63) is 29.8 Å². The monoisotopic (exact) mass is 240 g/mol. The number of hydrogen-bond acceptors (Lipinski definition) is 3. The van der Waals surface area contributed by atoms with E-state index in [1.807, 2.05) is 0 Å². The summed E-state index contributed by atoms with van der Waals surface area (Å²) in [4.78, 5) is 3.59. The lowest BCUT2D eigenvalue weighted by Gasteiger charge is -2.07. The number of rotatable bonds is 8. The Kier molecular flexibility index (Phi) is 6.74. The van der Waals surface area contributed by atoms with Crippen LogP contribution in [0.2, 0.25) is 0 Å². The van der Waals surface area contributed by atoms with Gasteiger partial charge in [-0.3, -0.25) is 0 Å². The van der Waals surface area contributed by atoms with Crippen LogP contribution >= 0.6 is 0 Å². The number of pyridine rings is 1. The van der Waals surface area contributed by atoms with Crippen LogP contribution in [0.15, 0.2) is 18.3 Å². The average molecular weight is 240 g/mol. The van der Waals surface area contributed by atoms with Crippen LogP contribution in [-0.2, 0) is 11.3 Å². The van der Waals surface area contributed by atoms with Crippen molar-refractivity contribution in [2.24, 2.45) is 5.92 Å². The minimum atomic E-state index is -0.402. The maximum absolute atomic E-state index is 13.1. The first-order valence-electron chi connectivity index (χ1n) is 6.08. The Balaban J connectivity index is 2.03. The zero-order chi connectivity index (χ0) is 12.5. The summed E-state index contributed by atoms with van der Waals surface area (Å²) in [6, 6.07) is 3.47. The van der Waals surface area contributed by atoms with Crippen molar-refractivity contribution >= 4 is 0 Å². The number of halogens is 1. The Hall–Kier alpha value is -1.00. The van der Waals surface area contributed by atoms with Crippen LogP contribution < -0.4 is 5.32 Å². The van der Waals surface area contributed by atoms with Gasteiger partial charge < -0.3 is 10.1 Å². The molecule has 0 unspecified atom stereocenters. The van der Waals surface area contributed by atoms with E-state index in [0.29, 0.717) is 24.6 Å². The SMILES string of the molecule is CC(C)CCOCCNCc1cccnc1F. The zero-order valence-corrected chi connectivity index (χ0v) is 10.6. The normalized spacial score (nSPS) is 11.1. The van der Waals surface area contributed by atoms with Crippen LogP contribution in [0.3, 0.4) is 0 Å². The van der Waals surface area contributed by atoms with E-state index in [-0.39, 0.29) is 0 Å². The Morgan fingerprint density at radius 1 is 1.41 bits per heavy atom. The van der Waals surface area contributed by atoms with Crippen LogP contribution in [0.4, 0.5) is 4.39 Å². The van der Waals surface area contributed by atoms with E-state index >= 15 is 0 Å². The van der Waals surface area contributed by atoms with Crippen LogP contribution in [0.1, 0.15) is 25.8 Å². The first kappa shape index (κ1) is 14.1. The molecule has 0 aromatic carbocycles. The molecule has 0 aliphatic heterocycles. The van der Waals surface area contributed by atoms with Gasteiger partial charge in [-0.05, 0) is 18.4 Å². The van der Waals surface area contributed by atoms with E-state index in [4.69, 9.17) is 4.74 Å². The molecule has 1 aromatic heterocycles. The number of nitrogens with zero attached hydrogens (tertiary/aromatic N) is 1. The van der Waals surface area contributed by atoms with Gasteiger partial charge in [-0.1, -0.05) is 19.9 Å². The van der Waals surface area contributed by atoms with Crippen molar-refractivity contribution in [3.8, 4) is 0 Å². The van der Waals surface area contributed by atoms with Crippen molar-refractivity contribution in [2.45, 2.75) is 26.8 Å². The molecule has 0 fully saturated rings. The Bertz CT molecular complexity index is 318. The van der Waals surface area contributed by atoms with Crippen molar-refractivity contribution in [3.63, 3.8) is 0 Å². The lowest BCUT2D eigenvalue weighted by molar-refractivity contribution is 0.125. The van der Waals surface area contributed by atoms with Crippen LogP contribution in [-0.4, -0.2) is 24.7 Å². The fraction of sp³-hybridized carbons (Fsp3) is 0.615. The van der Waals surface area contributed by atoms with Crippen LogP contribution in [0.25, 0.3) is 0 Å². The molecule has 0 atom stereocenters. The molecule has 4 heteroatoms. The summed E-state index contributed by atoms with van der Waals surface area (Å²) in [5, 5.41) is 3.13. The molecule has 1 rings (SSSR count). The highest BCUT2D eigenvalue weighted by molar-refractivity contribution is 5.10. The molecule has 0 spiro atoms. The molecule has 0 aliphatic carbocycles. The molecule has 1 N–H and O–H groups in total. The molecule has 0 amide bonds. The standard InChI is InChI=1S/C13H21FN2O/c1-11(2)5-8-17-9-7-15-10-12-4-3-6-16-13(12)14/h3-4,6,11,15H,5,7-10H2,1-2H3. The van der Waals surface area contributed by atoms with E-state index in [9.17, 15) is 4.39 Å². The van der Waals surface area contributed by atoms with Gasteiger partial charge in [-0.15, -0.1) is 0 Å². The number of ether oxygens (including phenoxy) is 1. The maximum Gasteiger partial charge on any atom is 0.217 e. The van der Waals surface area contributed by atoms with E-state index < -0.39 is 5.95 Å². The molecular weight excluding hydrogens is 219 g/mol. The molecule has 96 valence electrons. The van der Waals surface area contributed by atoms with Gasteiger partial charge in [-0.25, -0.2) is 4.98 Å². The largest absolute Gasteiger partial charge is 0.380 e. The van der Waals surface area contributed by atoms with E-state index in [2.05, 4.69) is 24.1 Å². The average Bonchev–Trinajstić information content (AvgIpc) is 2.30. The molecule has 1 aromatic rings. The fourth-order valence-electron chi connectivity index (χ4n) is 1.34. The highest BCUT2D eigenvalue weighted by atomic mass is 19.1. The van der Waals surface area contributed by atoms with E-state index in [0.717, 1.165) is 19.6 Å². The van der Waals surface area contributed by atoms with Gasteiger partial charge in [0.2, 0.25) is 5.95 Å². The molecule has 17 heavy (non-hydrogen) atoms. The van der Waals surface area contributed by atoms with Crippen molar-refractivity contribution in [1.29, 1.82) is 0 Å². The predicted octanol–water partition coefficient (Wildman–Crippen LogP) is 2.37. The minimum Gasteiger partial charge on any atom is -0.380 e. The second-order valence-electron chi connectivity index (χ2n) is 4.43. The fourth-order valence-corrected chi connectivity index (χ4v) is 1.34. The third-order valence-corrected chi connectivity index (χ3v) is 2.41. The molecule has 0 saturated heterocycles. The minimum absolute atomic E-state index is 0.402. The molecule has 0 radical (unpaired) electrons. The summed E-state index contributed by atoms with van der Waals surface area (Å²) in [5.74, 6) is 0.271. The highest BCUT2D eigenvalue weighted by Gasteiger charge is 2.00. The summed E-state index contributed by atoms with van der Waals surface area (Å²) in [7, 11) is 0. The highest BCUT2D eigenvalue weighted by Crippen LogP contribution is 2.02. The maximum atomic E-state index is 13.1. The molecule has 0 aliphatic rings. The van der Waals surface area contributed by atoms with Gasteiger partial charge in [0.05, 0.1) is 6.61 Å². The third-order valence-electron chi connectivity index (χ3n) is 2.41. The lowest BCUT2D eigenvalue weighted by Crippen LogP contribution is -2.20.